The molecule has 0 saturated carbocycles. The van der Waals surface area contributed by atoms with Crippen LogP contribution in [-0.2, 0) is 25.9 Å². The molecule has 0 unspecified atom stereocenters. The number of ether oxygens (including phenoxy) is 2. The summed E-state index contributed by atoms with van der Waals surface area (Å²) in [4.78, 5) is 7.36. The van der Waals surface area contributed by atoms with Gasteiger partial charge in [0.05, 0.1) is 25.6 Å². The second-order valence-corrected chi connectivity index (χ2v) is 9.63. The van der Waals surface area contributed by atoms with E-state index >= 15 is 0 Å². The summed E-state index contributed by atoms with van der Waals surface area (Å²) < 4.78 is 12.7. The molecule has 0 N–H and O–H groups in total. The number of methoxy groups -OCH3 is 2. The van der Waals surface area contributed by atoms with Crippen LogP contribution >= 0.6 is 11.3 Å². The van der Waals surface area contributed by atoms with Crippen molar-refractivity contribution in [2.24, 2.45) is 0 Å². The highest BCUT2D eigenvalue weighted by atomic mass is 32.1. The predicted molar refractivity (Wildman–Crippen MR) is 149 cm³/mol. The first-order chi connectivity index (χ1) is 18.2. The highest BCUT2D eigenvalue weighted by Crippen LogP contribution is 2.27. The standard InChI is InChI=1S/C30H30N4O2S/c1-35-28-8-3-6-23(18-28)10-13-26-22-37-30(32-26)33(21-25-7-4-9-29(19-25)36-2)20-24-11-14-27(15-12-24)34-17-5-16-31-34/h3-9,11-12,14-19,22H,10,13,20-21H2,1-2H3. The van der Waals surface area contributed by atoms with Crippen LogP contribution in [0, 0.1) is 0 Å². The lowest BCUT2D eigenvalue weighted by Gasteiger charge is -2.22. The van der Waals surface area contributed by atoms with E-state index in [0.29, 0.717) is 0 Å². The molecule has 0 fully saturated rings. The van der Waals surface area contributed by atoms with E-state index in [1.165, 1.54) is 16.7 Å². The van der Waals surface area contributed by atoms with Crippen molar-refractivity contribution < 1.29 is 9.47 Å². The normalized spacial score (nSPS) is 10.9. The monoisotopic (exact) mass is 510 g/mol. The average molecular weight is 511 g/mol. The summed E-state index contributed by atoms with van der Waals surface area (Å²) in [5.41, 5.74) is 5.79. The van der Waals surface area contributed by atoms with Crippen LogP contribution in [0.4, 0.5) is 5.13 Å². The molecule has 3 aromatic carbocycles. The van der Waals surface area contributed by atoms with Crippen molar-refractivity contribution in [2.75, 3.05) is 19.1 Å². The highest BCUT2D eigenvalue weighted by molar-refractivity contribution is 7.13. The summed E-state index contributed by atoms with van der Waals surface area (Å²) in [5, 5.41) is 7.52. The van der Waals surface area contributed by atoms with Crippen molar-refractivity contribution in [3.63, 3.8) is 0 Å². The third-order valence-corrected chi connectivity index (χ3v) is 7.15. The molecule has 0 aliphatic carbocycles. The van der Waals surface area contributed by atoms with Crippen LogP contribution < -0.4 is 14.4 Å². The van der Waals surface area contributed by atoms with E-state index in [-0.39, 0.29) is 0 Å². The molecular weight excluding hydrogens is 480 g/mol. The van der Waals surface area contributed by atoms with Crippen LogP contribution in [0.25, 0.3) is 5.69 Å². The number of rotatable bonds is 11. The molecule has 7 heteroatoms. The fourth-order valence-electron chi connectivity index (χ4n) is 4.24. The van der Waals surface area contributed by atoms with E-state index in [1.807, 2.05) is 41.2 Å². The minimum absolute atomic E-state index is 0.737. The number of aromatic nitrogens is 3. The van der Waals surface area contributed by atoms with Gasteiger partial charge in [0.1, 0.15) is 11.5 Å². The Kier molecular flexibility index (Phi) is 7.81. The molecule has 2 aromatic heterocycles. The van der Waals surface area contributed by atoms with Gasteiger partial charge < -0.3 is 14.4 Å². The van der Waals surface area contributed by atoms with Crippen molar-refractivity contribution in [1.29, 1.82) is 0 Å². The first-order valence-corrected chi connectivity index (χ1v) is 13.1. The molecule has 0 aliphatic rings. The molecule has 0 bridgehead atoms. The Morgan fingerprint density at radius 3 is 2.19 bits per heavy atom. The van der Waals surface area contributed by atoms with Gasteiger partial charge in [-0.25, -0.2) is 9.67 Å². The van der Waals surface area contributed by atoms with Crippen molar-refractivity contribution in [1.82, 2.24) is 14.8 Å². The van der Waals surface area contributed by atoms with Gasteiger partial charge in [-0.2, -0.15) is 5.10 Å². The van der Waals surface area contributed by atoms with Gasteiger partial charge in [-0.15, -0.1) is 11.3 Å². The predicted octanol–water partition coefficient (Wildman–Crippen LogP) is 6.34. The lowest BCUT2D eigenvalue weighted by atomic mass is 10.1. The Hall–Kier alpha value is -4.10. The number of anilines is 1. The molecule has 0 atom stereocenters. The van der Waals surface area contributed by atoms with Gasteiger partial charge in [0, 0.05) is 30.9 Å². The van der Waals surface area contributed by atoms with Gasteiger partial charge in [-0.1, -0.05) is 36.4 Å². The van der Waals surface area contributed by atoms with E-state index in [0.717, 1.165) is 53.9 Å². The number of benzene rings is 3. The number of aryl methyl sites for hydroxylation is 2. The molecule has 0 amide bonds. The van der Waals surface area contributed by atoms with Gasteiger partial charge in [0.15, 0.2) is 5.13 Å². The zero-order chi connectivity index (χ0) is 25.5. The minimum atomic E-state index is 0.737. The fraction of sp³-hybridized carbons (Fsp3) is 0.200. The molecule has 188 valence electrons. The Bertz CT molecular complexity index is 1410. The molecule has 2 heterocycles. The summed E-state index contributed by atoms with van der Waals surface area (Å²) >= 11 is 1.69. The van der Waals surface area contributed by atoms with Gasteiger partial charge in [0.2, 0.25) is 0 Å². The molecular formula is C30H30N4O2S. The number of hydrogen-bond donors (Lipinski definition) is 0. The SMILES string of the molecule is COc1cccc(CCc2csc(N(Cc3ccc(-n4cccn4)cc3)Cc3cccc(OC)c3)n2)c1. The first kappa shape index (κ1) is 24.6. The molecule has 5 rings (SSSR count). The van der Waals surface area contributed by atoms with E-state index in [1.54, 1.807) is 31.8 Å². The Morgan fingerprint density at radius 2 is 1.49 bits per heavy atom. The van der Waals surface area contributed by atoms with E-state index in [9.17, 15) is 0 Å². The van der Waals surface area contributed by atoms with Gasteiger partial charge in [-0.3, -0.25) is 0 Å². The largest absolute Gasteiger partial charge is 0.497 e. The molecule has 0 radical (unpaired) electrons. The summed E-state index contributed by atoms with van der Waals surface area (Å²) in [6.45, 7) is 1.49. The summed E-state index contributed by atoms with van der Waals surface area (Å²) in [6, 6.07) is 26.9. The molecule has 0 saturated heterocycles. The van der Waals surface area contributed by atoms with Crippen LogP contribution in [0.3, 0.4) is 0 Å². The van der Waals surface area contributed by atoms with Crippen molar-refractivity contribution in [3.8, 4) is 17.2 Å². The molecule has 0 spiro atoms. The van der Waals surface area contributed by atoms with Crippen molar-refractivity contribution in [3.05, 3.63) is 119 Å². The Morgan fingerprint density at radius 1 is 0.784 bits per heavy atom. The Balaban J connectivity index is 1.34. The van der Waals surface area contributed by atoms with Crippen LogP contribution in [0.15, 0.2) is 96.6 Å². The van der Waals surface area contributed by atoms with Crippen LogP contribution in [0.2, 0.25) is 0 Å². The second-order valence-electron chi connectivity index (χ2n) is 8.80. The second kappa shape index (κ2) is 11.8. The maximum Gasteiger partial charge on any atom is 0.186 e. The van der Waals surface area contributed by atoms with E-state index in [4.69, 9.17) is 14.5 Å². The van der Waals surface area contributed by atoms with Gasteiger partial charge in [-0.05, 0) is 72.0 Å². The highest BCUT2D eigenvalue weighted by Gasteiger charge is 2.14. The average Bonchev–Trinajstić information content (AvgIpc) is 3.65. The minimum Gasteiger partial charge on any atom is -0.497 e. The van der Waals surface area contributed by atoms with Gasteiger partial charge in [0.25, 0.3) is 0 Å². The topological polar surface area (TPSA) is 52.4 Å². The van der Waals surface area contributed by atoms with Crippen molar-refractivity contribution >= 4 is 16.5 Å². The quantitative estimate of drug-likeness (QED) is 0.208. The van der Waals surface area contributed by atoms with Crippen LogP contribution in [0.5, 0.6) is 11.5 Å². The lowest BCUT2D eigenvalue weighted by molar-refractivity contribution is 0.414. The maximum absolute atomic E-state index is 5.45. The van der Waals surface area contributed by atoms with Crippen LogP contribution in [0.1, 0.15) is 22.4 Å². The zero-order valence-corrected chi connectivity index (χ0v) is 21.9. The number of thiazole rings is 1. The zero-order valence-electron chi connectivity index (χ0n) is 21.1. The van der Waals surface area contributed by atoms with Crippen LogP contribution in [-0.4, -0.2) is 29.0 Å². The summed E-state index contributed by atoms with van der Waals surface area (Å²) in [5.74, 6) is 1.75. The molecule has 0 aliphatic heterocycles. The first-order valence-electron chi connectivity index (χ1n) is 12.2. The molecule has 5 aromatic rings. The van der Waals surface area contributed by atoms with E-state index < -0.39 is 0 Å². The Labute approximate surface area is 221 Å². The van der Waals surface area contributed by atoms with E-state index in [2.05, 4.69) is 63.9 Å². The maximum atomic E-state index is 5.45. The molecule has 6 nitrogen and oxygen atoms in total. The summed E-state index contributed by atoms with van der Waals surface area (Å²) in [7, 11) is 3.40. The number of nitrogens with zero attached hydrogens (tertiary/aromatic N) is 4. The third kappa shape index (κ3) is 6.37. The summed E-state index contributed by atoms with van der Waals surface area (Å²) in [6.07, 6.45) is 5.55. The fourth-order valence-corrected chi connectivity index (χ4v) is 5.10. The number of hydrogen-bond acceptors (Lipinski definition) is 6. The smallest absolute Gasteiger partial charge is 0.186 e. The van der Waals surface area contributed by atoms with Gasteiger partial charge >= 0.3 is 0 Å². The van der Waals surface area contributed by atoms with Crippen molar-refractivity contribution in [2.45, 2.75) is 25.9 Å². The molecule has 37 heavy (non-hydrogen) atoms. The lowest BCUT2D eigenvalue weighted by Crippen LogP contribution is -2.22. The third-order valence-electron chi connectivity index (χ3n) is 6.20.